The van der Waals surface area contributed by atoms with E-state index in [9.17, 15) is 4.39 Å². The molecule has 0 radical (unpaired) electrons. The molecule has 1 heterocycles. The van der Waals surface area contributed by atoms with Gasteiger partial charge in [0.1, 0.15) is 0 Å². The van der Waals surface area contributed by atoms with Crippen LogP contribution in [0.25, 0.3) is 0 Å². The molecule has 1 aromatic heterocycles. The Morgan fingerprint density at radius 2 is 2.05 bits per heavy atom. The second kappa shape index (κ2) is 6.43. The number of benzene rings is 1. The first-order chi connectivity index (χ1) is 10.0. The molecule has 4 nitrogen and oxygen atoms in total. The number of nitrogens with one attached hydrogen (secondary N) is 1. The minimum Gasteiger partial charge on any atom is -0.494 e. The van der Waals surface area contributed by atoms with Crippen molar-refractivity contribution >= 4 is 11.4 Å². The average Bonchev–Trinajstić information content (AvgIpc) is 2.48. The summed E-state index contributed by atoms with van der Waals surface area (Å²) in [6, 6.07) is 6.82. The molecule has 0 saturated carbocycles. The molecule has 21 heavy (non-hydrogen) atoms. The van der Waals surface area contributed by atoms with Crippen molar-refractivity contribution in [3.63, 3.8) is 0 Å². The van der Waals surface area contributed by atoms with Gasteiger partial charge in [0.25, 0.3) is 0 Å². The van der Waals surface area contributed by atoms with Gasteiger partial charge in [-0.3, -0.25) is 4.98 Å². The maximum atomic E-state index is 13.5. The van der Waals surface area contributed by atoms with E-state index in [0.29, 0.717) is 0 Å². The van der Waals surface area contributed by atoms with E-state index < -0.39 is 0 Å². The minimum atomic E-state index is -0.358. The van der Waals surface area contributed by atoms with Crippen molar-refractivity contribution in [2.75, 3.05) is 31.4 Å². The zero-order chi connectivity index (χ0) is 15.4. The maximum absolute atomic E-state index is 13.5. The maximum Gasteiger partial charge on any atom is 0.165 e. The third kappa shape index (κ3) is 3.42. The summed E-state index contributed by atoms with van der Waals surface area (Å²) in [5.74, 6) is -0.107. The van der Waals surface area contributed by atoms with E-state index in [4.69, 9.17) is 4.74 Å². The summed E-state index contributed by atoms with van der Waals surface area (Å²) in [6.45, 7) is 2.01. The van der Waals surface area contributed by atoms with Gasteiger partial charge in [-0.05, 0) is 30.7 Å². The summed E-state index contributed by atoms with van der Waals surface area (Å²) < 4.78 is 18.5. The van der Waals surface area contributed by atoms with Crippen LogP contribution in [-0.4, -0.2) is 26.2 Å². The standard InChI is InChI=1S/C16H20FN3O/c1-11(12-5-6-13(17)16(9-12)21-4)19-14-10-18-8-7-15(14)20(2)3/h5-11,19H,1-4H3. The SMILES string of the molecule is COc1cc(C(C)Nc2cnccc2N(C)C)ccc1F. The van der Waals surface area contributed by atoms with Gasteiger partial charge >= 0.3 is 0 Å². The highest BCUT2D eigenvalue weighted by Crippen LogP contribution is 2.29. The molecule has 5 heteroatoms. The highest BCUT2D eigenvalue weighted by molar-refractivity contribution is 5.68. The molecule has 1 atom stereocenters. The van der Waals surface area contributed by atoms with Gasteiger partial charge in [-0.1, -0.05) is 6.07 Å². The predicted octanol–water partition coefficient (Wildman–Crippen LogP) is 3.47. The number of rotatable bonds is 5. The van der Waals surface area contributed by atoms with Gasteiger partial charge in [-0.2, -0.15) is 0 Å². The van der Waals surface area contributed by atoms with Crippen LogP contribution >= 0.6 is 0 Å². The topological polar surface area (TPSA) is 37.4 Å². The molecule has 2 aromatic rings. The van der Waals surface area contributed by atoms with Gasteiger partial charge in [0.05, 0.1) is 24.7 Å². The monoisotopic (exact) mass is 289 g/mol. The zero-order valence-electron chi connectivity index (χ0n) is 12.7. The largest absolute Gasteiger partial charge is 0.494 e. The molecule has 0 spiro atoms. The number of hydrogen-bond acceptors (Lipinski definition) is 4. The third-order valence-corrected chi connectivity index (χ3v) is 3.33. The van der Waals surface area contributed by atoms with Gasteiger partial charge in [0.2, 0.25) is 0 Å². The molecule has 1 N–H and O–H groups in total. The second-order valence-corrected chi connectivity index (χ2v) is 5.05. The van der Waals surface area contributed by atoms with Crippen LogP contribution in [0.3, 0.4) is 0 Å². The average molecular weight is 289 g/mol. The van der Waals surface area contributed by atoms with Crippen molar-refractivity contribution in [1.29, 1.82) is 0 Å². The van der Waals surface area contributed by atoms with Crippen LogP contribution in [0.2, 0.25) is 0 Å². The summed E-state index contributed by atoms with van der Waals surface area (Å²) in [6.07, 6.45) is 3.54. The van der Waals surface area contributed by atoms with E-state index in [1.165, 1.54) is 13.2 Å². The van der Waals surface area contributed by atoms with Crippen LogP contribution in [0, 0.1) is 5.82 Å². The van der Waals surface area contributed by atoms with Crippen molar-refractivity contribution in [3.05, 3.63) is 48.0 Å². The molecule has 2 rings (SSSR count). The minimum absolute atomic E-state index is 0.00222. The van der Waals surface area contributed by atoms with E-state index in [1.54, 1.807) is 24.5 Å². The fraction of sp³-hybridized carbons (Fsp3) is 0.312. The Hall–Kier alpha value is -2.30. The molecule has 0 saturated heterocycles. The lowest BCUT2D eigenvalue weighted by Crippen LogP contribution is -2.14. The quantitative estimate of drug-likeness (QED) is 0.914. The van der Waals surface area contributed by atoms with E-state index in [1.807, 2.05) is 32.0 Å². The lowest BCUT2D eigenvalue weighted by molar-refractivity contribution is 0.385. The summed E-state index contributed by atoms with van der Waals surface area (Å²) in [7, 11) is 5.42. The van der Waals surface area contributed by atoms with Crippen molar-refractivity contribution in [3.8, 4) is 5.75 Å². The zero-order valence-corrected chi connectivity index (χ0v) is 12.7. The lowest BCUT2D eigenvalue weighted by atomic mass is 10.1. The van der Waals surface area contributed by atoms with Crippen LogP contribution in [-0.2, 0) is 0 Å². The van der Waals surface area contributed by atoms with Crippen LogP contribution < -0.4 is 15.0 Å². The van der Waals surface area contributed by atoms with Gasteiger partial charge in [0, 0.05) is 26.3 Å². The molecule has 0 aliphatic heterocycles. The van der Waals surface area contributed by atoms with Crippen LogP contribution in [0.4, 0.5) is 15.8 Å². The summed E-state index contributed by atoms with van der Waals surface area (Å²) in [5.41, 5.74) is 2.92. The predicted molar refractivity (Wildman–Crippen MR) is 83.6 cm³/mol. The third-order valence-electron chi connectivity index (χ3n) is 3.33. The fourth-order valence-electron chi connectivity index (χ4n) is 2.15. The van der Waals surface area contributed by atoms with Gasteiger partial charge in [0.15, 0.2) is 11.6 Å². The molecule has 1 unspecified atom stereocenters. The van der Waals surface area contributed by atoms with Crippen molar-refractivity contribution in [1.82, 2.24) is 4.98 Å². The number of nitrogens with zero attached hydrogens (tertiary/aromatic N) is 2. The van der Waals surface area contributed by atoms with E-state index in [-0.39, 0.29) is 17.6 Å². The van der Waals surface area contributed by atoms with Crippen molar-refractivity contribution < 1.29 is 9.13 Å². The Kier molecular flexibility index (Phi) is 4.62. The van der Waals surface area contributed by atoms with Gasteiger partial charge in [-0.25, -0.2) is 4.39 Å². The molecule has 0 aliphatic carbocycles. The molecule has 0 bridgehead atoms. The first-order valence-corrected chi connectivity index (χ1v) is 6.74. The Bertz CT molecular complexity index is 616. The number of pyridine rings is 1. The number of anilines is 2. The van der Waals surface area contributed by atoms with E-state index >= 15 is 0 Å². The molecule has 0 amide bonds. The summed E-state index contributed by atoms with van der Waals surface area (Å²) in [4.78, 5) is 6.16. The van der Waals surface area contributed by atoms with E-state index in [0.717, 1.165) is 16.9 Å². The Balaban J connectivity index is 2.24. The van der Waals surface area contributed by atoms with Crippen LogP contribution in [0.15, 0.2) is 36.7 Å². The molecular formula is C16H20FN3O. The molecule has 0 aliphatic rings. The Morgan fingerprint density at radius 1 is 1.29 bits per heavy atom. The van der Waals surface area contributed by atoms with Crippen LogP contribution in [0.5, 0.6) is 5.75 Å². The Morgan fingerprint density at radius 3 is 2.71 bits per heavy atom. The molecule has 1 aromatic carbocycles. The normalized spacial score (nSPS) is 11.9. The first-order valence-electron chi connectivity index (χ1n) is 6.74. The van der Waals surface area contributed by atoms with Crippen molar-refractivity contribution in [2.45, 2.75) is 13.0 Å². The van der Waals surface area contributed by atoms with E-state index in [2.05, 4.69) is 10.3 Å². The number of aromatic nitrogens is 1. The van der Waals surface area contributed by atoms with Gasteiger partial charge in [-0.15, -0.1) is 0 Å². The molecule has 0 fully saturated rings. The second-order valence-electron chi connectivity index (χ2n) is 5.05. The number of halogens is 1. The molecular weight excluding hydrogens is 269 g/mol. The summed E-state index contributed by atoms with van der Waals surface area (Å²) in [5, 5.41) is 3.40. The van der Waals surface area contributed by atoms with Gasteiger partial charge < -0.3 is 15.0 Å². The van der Waals surface area contributed by atoms with Crippen LogP contribution in [0.1, 0.15) is 18.5 Å². The summed E-state index contributed by atoms with van der Waals surface area (Å²) >= 11 is 0. The fourth-order valence-corrected chi connectivity index (χ4v) is 2.15. The smallest absolute Gasteiger partial charge is 0.165 e. The Labute approximate surface area is 124 Å². The number of methoxy groups -OCH3 is 1. The lowest BCUT2D eigenvalue weighted by Gasteiger charge is -2.22. The van der Waals surface area contributed by atoms with Crippen molar-refractivity contribution in [2.24, 2.45) is 0 Å². The number of ether oxygens (including phenoxy) is 1. The highest BCUT2D eigenvalue weighted by Gasteiger charge is 2.12. The first kappa shape index (κ1) is 15.1. The highest BCUT2D eigenvalue weighted by atomic mass is 19.1. The number of hydrogen-bond donors (Lipinski definition) is 1. The molecule has 112 valence electrons.